The van der Waals surface area contributed by atoms with Crippen molar-refractivity contribution in [2.24, 2.45) is 17.3 Å². The number of carboxylic acid groups (broad SMARTS) is 1. The molecule has 0 aliphatic heterocycles. The van der Waals surface area contributed by atoms with E-state index in [0.717, 1.165) is 26.7 Å². The first-order valence-corrected chi connectivity index (χ1v) is 12.0. The number of Topliss-reactive ketones (excluding diaryl/α,β-unsaturated/α-hetero) is 1. The summed E-state index contributed by atoms with van der Waals surface area (Å²) in [4.78, 5) is 46.3. The van der Waals surface area contributed by atoms with Gasteiger partial charge in [0.25, 0.3) is 0 Å². The van der Waals surface area contributed by atoms with Gasteiger partial charge in [-0.3, -0.25) is 14.4 Å². The summed E-state index contributed by atoms with van der Waals surface area (Å²) in [5.74, 6) is -3.85. The van der Waals surface area contributed by atoms with Crippen molar-refractivity contribution in [3.8, 4) is 0 Å². The molecule has 0 N–H and O–H groups in total. The van der Waals surface area contributed by atoms with E-state index < -0.39 is 23.7 Å². The molecular weight excluding hydrogens is 532 g/mol. The second kappa shape index (κ2) is 16.1. The van der Waals surface area contributed by atoms with E-state index in [-0.39, 0.29) is 57.6 Å². The fourth-order valence-electron chi connectivity index (χ4n) is 4.25. The number of rotatable bonds is 14. The van der Waals surface area contributed by atoms with E-state index in [9.17, 15) is 24.3 Å². The van der Waals surface area contributed by atoms with E-state index in [1.54, 1.807) is 0 Å². The van der Waals surface area contributed by atoms with Gasteiger partial charge in [0.05, 0.1) is 0 Å². The van der Waals surface area contributed by atoms with Gasteiger partial charge in [-0.25, -0.2) is 0 Å². The van der Waals surface area contributed by atoms with Gasteiger partial charge in [-0.15, -0.1) is 0 Å². The Kier molecular flexibility index (Phi) is 15.3. The average molecular weight is 571 g/mol. The van der Waals surface area contributed by atoms with Crippen molar-refractivity contribution < 1.29 is 56.1 Å². The summed E-state index contributed by atoms with van der Waals surface area (Å²) in [5, 5.41) is 11.3. The monoisotopic (exact) mass is 570 g/mol. The van der Waals surface area contributed by atoms with Gasteiger partial charge < -0.3 is 19.4 Å². The van der Waals surface area contributed by atoms with Crippen LogP contribution in [0.3, 0.4) is 0 Å². The Labute approximate surface area is 219 Å². The normalized spacial score (nSPS) is 18.9. The van der Waals surface area contributed by atoms with E-state index in [0.29, 0.717) is 25.7 Å². The van der Waals surface area contributed by atoms with Crippen LogP contribution in [0, 0.1) is 17.3 Å². The molecule has 34 heavy (non-hydrogen) atoms. The van der Waals surface area contributed by atoms with Crippen molar-refractivity contribution in [3.05, 3.63) is 23.7 Å². The molecule has 0 saturated heterocycles. The van der Waals surface area contributed by atoms with Gasteiger partial charge in [-0.2, -0.15) is 0 Å². The largest absolute Gasteiger partial charge is 1.00 e. The maximum absolute atomic E-state index is 12.4. The van der Waals surface area contributed by atoms with Crippen LogP contribution in [0.25, 0.3) is 0 Å². The number of carbonyl (C=O) groups is 4. The fourth-order valence-corrected chi connectivity index (χ4v) is 4.25. The summed E-state index contributed by atoms with van der Waals surface area (Å²) in [7, 11) is 0. The zero-order chi connectivity index (χ0) is 25.0. The summed E-state index contributed by atoms with van der Waals surface area (Å²) in [5.41, 5.74) is 0.253. The third-order valence-electron chi connectivity index (χ3n) is 6.04. The minimum Gasteiger partial charge on any atom is -0.541 e. The minimum absolute atomic E-state index is 0. The summed E-state index contributed by atoms with van der Waals surface area (Å²) in [6.45, 7) is 8.93. The van der Waals surface area contributed by atoms with Gasteiger partial charge in [-0.1, -0.05) is 52.2 Å². The molecule has 0 heterocycles. The fraction of sp³-hybridized carbons (Fsp3) is 0.692. The second-order valence-corrected chi connectivity index (χ2v) is 9.65. The van der Waals surface area contributed by atoms with E-state index in [1.165, 1.54) is 19.3 Å². The average Bonchev–Trinajstić information content (AvgIpc) is 3.06. The van der Waals surface area contributed by atoms with Gasteiger partial charge in [0, 0.05) is 32.6 Å². The van der Waals surface area contributed by atoms with Crippen LogP contribution in [0.1, 0.15) is 98.8 Å². The predicted molar refractivity (Wildman–Crippen MR) is 122 cm³/mol. The molecule has 1 saturated carbocycles. The molecule has 1 aliphatic rings. The smallest absolute Gasteiger partial charge is 0.541 e. The molecule has 0 spiro atoms. The Morgan fingerprint density at radius 3 is 2.29 bits per heavy atom. The SMILES string of the molecule is CCCCC(C)(C)C/C=C/[C@H]1CCC(=O)[C@@H]1CCCC/C(OC(C)=O)=C(\OC(C)=O)C(=O)[O-].[Ag+]. The number of hydrogen-bond donors (Lipinski definition) is 0. The summed E-state index contributed by atoms with van der Waals surface area (Å²) < 4.78 is 9.64. The molecule has 8 heteroatoms. The van der Waals surface area contributed by atoms with Crippen LogP contribution in [-0.4, -0.2) is 23.7 Å². The van der Waals surface area contributed by atoms with E-state index >= 15 is 0 Å². The van der Waals surface area contributed by atoms with Crippen molar-refractivity contribution >= 4 is 23.7 Å². The van der Waals surface area contributed by atoms with Crippen LogP contribution >= 0.6 is 0 Å². The summed E-state index contributed by atoms with van der Waals surface area (Å²) >= 11 is 0. The van der Waals surface area contributed by atoms with Gasteiger partial charge in [0.15, 0.2) is 11.5 Å². The number of ketones is 1. The van der Waals surface area contributed by atoms with Crippen LogP contribution in [0.4, 0.5) is 0 Å². The summed E-state index contributed by atoms with van der Waals surface area (Å²) in [6, 6.07) is 0. The van der Waals surface area contributed by atoms with Gasteiger partial charge in [0.1, 0.15) is 11.8 Å². The molecule has 0 unspecified atom stereocenters. The maximum Gasteiger partial charge on any atom is 1.00 e. The van der Waals surface area contributed by atoms with Crippen molar-refractivity contribution in [1.29, 1.82) is 0 Å². The van der Waals surface area contributed by atoms with Crippen LogP contribution < -0.4 is 5.11 Å². The molecule has 7 nitrogen and oxygen atoms in total. The quantitative estimate of drug-likeness (QED) is 0.0760. The van der Waals surface area contributed by atoms with Crippen molar-refractivity contribution in [3.63, 3.8) is 0 Å². The maximum atomic E-state index is 12.4. The Balaban J connectivity index is 0.0000109. The Bertz CT molecular complexity index is 767. The number of carbonyl (C=O) groups excluding carboxylic acids is 4. The Morgan fingerprint density at radius 1 is 1.09 bits per heavy atom. The predicted octanol–water partition coefficient (Wildman–Crippen LogP) is 4.39. The topological polar surface area (TPSA) is 110 Å². The van der Waals surface area contributed by atoms with Gasteiger partial charge in [0.2, 0.25) is 0 Å². The number of aliphatic carboxylic acids is 1. The number of unbranched alkanes of at least 4 members (excludes halogenated alkanes) is 2. The molecule has 196 valence electrons. The zero-order valence-corrected chi connectivity index (χ0v) is 22.5. The van der Waals surface area contributed by atoms with Crippen molar-refractivity contribution in [1.82, 2.24) is 0 Å². The molecule has 1 fully saturated rings. The molecule has 0 aromatic carbocycles. The zero-order valence-electron chi connectivity index (χ0n) is 21.0. The van der Waals surface area contributed by atoms with E-state index in [1.807, 2.05) is 0 Å². The Hall–Kier alpha value is -1.70. The molecule has 0 radical (unpaired) electrons. The van der Waals surface area contributed by atoms with Crippen LogP contribution in [0.15, 0.2) is 23.7 Å². The van der Waals surface area contributed by atoms with Crippen LogP contribution in [0.5, 0.6) is 0 Å². The molecule has 0 aromatic rings. The van der Waals surface area contributed by atoms with Crippen molar-refractivity contribution in [2.45, 2.75) is 98.8 Å². The van der Waals surface area contributed by atoms with E-state index in [4.69, 9.17) is 4.74 Å². The first-order chi connectivity index (χ1) is 15.5. The van der Waals surface area contributed by atoms with Crippen LogP contribution in [0.2, 0.25) is 0 Å². The molecule has 1 aliphatic carbocycles. The first kappa shape index (κ1) is 32.3. The molecule has 0 amide bonds. The standard InChI is InChI=1S/C26H40O7.Ag/c1-6-7-16-26(4,5)17-10-11-20-14-15-22(29)21(20)12-8-9-13-23(32-18(2)27)24(25(30)31)33-19(3)28;/h10-11,20-21H,6-9,12-17H2,1-5H3,(H,30,31);/q;+1/p-1/b11-10+,24-23+;/t20-,21+;/m0./s1. The number of carboxylic acids is 1. The second-order valence-electron chi connectivity index (χ2n) is 9.65. The summed E-state index contributed by atoms with van der Waals surface area (Å²) in [6.07, 6.45) is 12.3. The van der Waals surface area contributed by atoms with Crippen LogP contribution in [-0.2, 0) is 51.0 Å². The van der Waals surface area contributed by atoms with Crippen molar-refractivity contribution in [2.75, 3.05) is 0 Å². The molecular formula is C26H39AgO7. The Morgan fingerprint density at radius 2 is 1.74 bits per heavy atom. The first-order valence-electron chi connectivity index (χ1n) is 12.0. The number of hydrogen-bond acceptors (Lipinski definition) is 7. The molecule has 1 rings (SSSR count). The third-order valence-corrected chi connectivity index (χ3v) is 6.04. The van der Waals surface area contributed by atoms with Gasteiger partial charge in [-0.05, 0) is 43.4 Å². The number of ether oxygens (including phenoxy) is 2. The third kappa shape index (κ3) is 12.1. The molecule has 2 atom stereocenters. The molecule has 0 aromatic heterocycles. The number of allylic oxidation sites excluding steroid dienone is 3. The number of esters is 2. The van der Waals surface area contributed by atoms with E-state index in [2.05, 4.69) is 37.7 Å². The minimum atomic E-state index is -1.72. The molecule has 0 bridgehead atoms. The van der Waals surface area contributed by atoms with Gasteiger partial charge >= 0.3 is 34.3 Å².